The van der Waals surface area contributed by atoms with Gasteiger partial charge in [-0.05, 0) is 54.4 Å². The molecule has 1 aliphatic heterocycles. The smallest absolute Gasteiger partial charge is 0.411 e. The van der Waals surface area contributed by atoms with Gasteiger partial charge in [0.25, 0.3) is 0 Å². The van der Waals surface area contributed by atoms with Crippen molar-refractivity contribution in [2.45, 2.75) is 52.2 Å². The van der Waals surface area contributed by atoms with Crippen LogP contribution in [-0.4, -0.2) is 36.6 Å². The standard InChI is InChI=1S/C27H33ClN2O3/c1-17(2)21-12-10-18(3)14-24(21)33-27(32)30-16-25(31)29(4)23-13-11-20(28)15-22(23)26(30)19-8-6-5-7-9-19/h5-9,11,13,15,17-18,21,24,26H,10,12,14,16H2,1-4H3. The number of amides is 2. The maximum Gasteiger partial charge on any atom is 0.411 e. The Bertz CT molecular complexity index is 1010. The van der Waals surface area contributed by atoms with Gasteiger partial charge in [-0.3, -0.25) is 9.69 Å². The molecule has 0 spiro atoms. The van der Waals surface area contributed by atoms with Crippen LogP contribution in [0.2, 0.25) is 5.02 Å². The van der Waals surface area contributed by atoms with Crippen molar-refractivity contribution in [2.75, 3.05) is 18.5 Å². The van der Waals surface area contributed by atoms with Crippen molar-refractivity contribution in [3.05, 3.63) is 64.7 Å². The molecule has 0 saturated heterocycles. The highest BCUT2D eigenvalue weighted by Gasteiger charge is 2.40. The van der Waals surface area contributed by atoms with Gasteiger partial charge >= 0.3 is 6.09 Å². The van der Waals surface area contributed by atoms with Crippen LogP contribution in [0.4, 0.5) is 10.5 Å². The van der Waals surface area contributed by atoms with Crippen LogP contribution in [0.1, 0.15) is 57.2 Å². The summed E-state index contributed by atoms with van der Waals surface area (Å²) in [6.45, 7) is 6.54. The fourth-order valence-electron chi connectivity index (χ4n) is 5.31. The molecule has 2 amide bonds. The van der Waals surface area contributed by atoms with E-state index in [2.05, 4.69) is 20.8 Å². The van der Waals surface area contributed by atoms with Gasteiger partial charge in [-0.25, -0.2) is 4.79 Å². The molecule has 6 heteroatoms. The van der Waals surface area contributed by atoms with Crippen molar-refractivity contribution in [2.24, 2.45) is 17.8 Å². The predicted octanol–water partition coefficient (Wildman–Crippen LogP) is 6.31. The number of benzene rings is 2. The van der Waals surface area contributed by atoms with Gasteiger partial charge in [0.1, 0.15) is 12.6 Å². The number of ether oxygens (including phenoxy) is 1. The summed E-state index contributed by atoms with van der Waals surface area (Å²) in [6.07, 6.45) is 2.48. The van der Waals surface area contributed by atoms with Gasteiger partial charge in [0.05, 0.1) is 6.04 Å². The van der Waals surface area contributed by atoms with Gasteiger partial charge < -0.3 is 9.64 Å². The van der Waals surface area contributed by atoms with E-state index >= 15 is 0 Å². The maximum atomic E-state index is 13.7. The van der Waals surface area contributed by atoms with Gasteiger partial charge in [0.15, 0.2) is 0 Å². The topological polar surface area (TPSA) is 49.9 Å². The molecule has 4 rings (SSSR count). The van der Waals surface area contributed by atoms with E-state index in [4.69, 9.17) is 16.3 Å². The number of fused-ring (bicyclic) bond motifs is 1. The number of hydrogen-bond donors (Lipinski definition) is 0. The average Bonchev–Trinajstić information content (AvgIpc) is 2.88. The molecule has 176 valence electrons. The number of halogens is 1. The Morgan fingerprint density at radius 3 is 2.55 bits per heavy atom. The van der Waals surface area contributed by atoms with Crippen LogP contribution in [0.3, 0.4) is 0 Å². The summed E-state index contributed by atoms with van der Waals surface area (Å²) in [5.41, 5.74) is 2.48. The lowest BCUT2D eigenvalue weighted by Gasteiger charge is -2.38. The van der Waals surface area contributed by atoms with Crippen molar-refractivity contribution in [3.63, 3.8) is 0 Å². The number of likely N-dealkylation sites (N-methyl/N-ethyl adjacent to an activating group) is 1. The molecule has 1 heterocycles. The summed E-state index contributed by atoms with van der Waals surface area (Å²) in [4.78, 5) is 30.0. The highest BCUT2D eigenvalue weighted by atomic mass is 35.5. The molecule has 0 aromatic heterocycles. The Morgan fingerprint density at radius 2 is 1.85 bits per heavy atom. The highest BCUT2D eigenvalue weighted by Crippen LogP contribution is 2.41. The number of carbonyl (C=O) groups excluding carboxylic acids is 2. The minimum Gasteiger partial charge on any atom is -0.446 e. The van der Waals surface area contributed by atoms with Gasteiger partial charge in [-0.1, -0.05) is 69.1 Å². The number of anilines is 1. The fraction of sp³-hybridized carbons (Fsp3) is 0.481. The number of carbonyl (C=O) groups is 2. The first kappa shape index (κ1) is 23.6. The SMILES string of the molecule is CC1CCC(C(C)C)C(OC(=O)N2CC(=O)N(C)c3ccc(Cl)cc3C2c2ccccc2)C1. The number of hydrogen-bond acceptors (Lipinski definition) is 3. The van der Waals surface area contributed by atoms with Gasteiger partial charge in [0.2, 0.25) is 5.91 Å². The van der Waals surface area contributed by atoms with Crippen molar-refractivity contribution < 1.29 is 14.3 Å². The second kappa shape index (κ2) is 9.76. The maximum absolute atomic E-state index is 13.7. The molecule has 4 atom stereocenters. The molecule has 0 bridgehead atoms. The second-order valence-electron chi connectivity index (χ2n) is 9.85. The summed E-state index contributed by atoms with van der Waals surface area (Å²) in [5.74, 6) is 1.11. The predicted molar refractivity (Wildman–Crippen MR) is 131 cm³/mol. The Kier molecular flexibility index (Phi) is 6.99. The van der Waals surface area contributed by atoms with E-state index in [0.29, 0.717) is 22.8 Å². The van der Waals surface area contributed by atoms with Gasteiger partial charge in [-0.15, -0.1) is 0 Å². The Balaban J connectivity index is 1.75. The zero-order chi connectivity index (χ0) is 23.7. The minimum atomic E-state index is -0.472. The third-order valence-electron chi connectivity index (χ3n) is 7.20. The van der Waals surface area contributed by atoms with Gasteiger partial charge in [-0.2, -0.15) is 0 Å². The minimum absolute atomic E-state index is 0.0597. The van der Waals surface area contributed by atoms with Gasteiger partial charge in [0, 0.05) is 23.3 Å². The summed E-state index contributed by atoms with van der Waals surface area (Å²) < 4.78 is 6.19. The molecule has 2 aliphatic rings. The van der Waals surface area contributed by atoms with Crippen LogP contribution in [-0.2, 0) is 9.53 Å². The molecule has 4 unspecified atom stereocenters. The molecule has 33 heavy (non-hydrogen) atoms. The van der Waals surface area contributed by atoms with Crippen LogP contribution in [0.15, 0.2) is 48.5 Å². The van der Waals surface area contributed by atoms with Crippen molar-refractivity contribution in [1.29, 1.82) is 0 Å². The van der Waals surface area contributed by atoms with E-state index in [9.17, 15) is 9.59 Å². The molecular weight excluding hydrogens is 436 g/mol. The van der Waals surface area contributed by atoms with Crippen molar-refractivity contribution in [1.82, 2.24) is 4.90 Å². The zero-order valence-corrected chi connectivity index (χ0v) is 20.6. The first-order valence-electron chi connectivity index (χ1n) is 11.8. The summed E-state index contributed by atoms with van der Waals surface area (Å²) >= 11 is 6.38. The van der Waals surface area contributed by atoms with E-state index in [0.717, 1.165) is 36.1 Å². The zero-order valence-electron chi connectivity index (χ0n) is 19.8. The Morgan fingerprint density at radius 1 is 1.12 bits per heavy atom. The number of nitrogens with zero attached hydrogens (tertiary/aromatic N) is 2. The lowest BCUT2D eigenvalue weighted by Crippen LogP contribution is -2.44. The largest absolute Gasteiger partial charge is 0.446 e. The molecule has 2 aromatic carbocycles. The lowest BCUT2D eigenvalue weighted by molar-refractivity contribution is -0.119. The number of rotatable bonds is 3. The quantitative estimate of drug-likeness (QED) is 0.530. The molecule has 1 saturated carbocycles. The summed E-state index contributed by atoms with van der Waals surface area (Å²) in [7, 11) is 1.74. The van der Waals surface area contributed by atoms with Crippen molar-refractivity contribution in [3.8, 4) is 0 Å². The van der Waals surface area contributed by atoms with E-state index in [1.54, 1.807) is 22.9 Å². The van der Waals surface area contributed by atoms with Crippen molar-refractivity contribution >= 4 is 29.3 Å². The molecule has 1 aliphatic carbocycles. The van der Waals surface area contributed by atoms with E-state index < -0.39 is 12.1 Å². The molecule has 0 radical (unpaired) electrons. The monoisotopic (exact) mass is 468 g/mol. The fourth-order valence-corrected chi connectivity index (χ4v) is 5.49. The van der Waals surface area contributed by atoms with Crippen LogP contribution >= 0.6 is 11.6 Å². The Hall–Kier alpha value is -2.53. The first-order valence-corrected chi connectivity index (χ1v) is 12.2. The molecular formula is C27H33ClN2O3. The van der Waals surface area contributed by atoms with Crippen LogP contribution < -0.4 is 4.90 Å². The highest BCUT2D eigenvalue weighted by molar-refractivity contribution is 6.30. The molecule has 1 fully saturated rings. The van der Waals surface area contributed by atoms with E-state index in [1.807, 2.05) is 42.5 Å². The molecule has 2 aromatic rings. The molecule has 5 nitrogen and oxygen atoms in total. The first-order chi connectivity index (χ1) is 15.8. The van der Waals surface area contributed by atoms with Crippen LogP contribution in [0.5, 0.6) is 0 Å². The summed E-state index contributed by atoms with van der Waals surface area (Å²) in [6, 6.07) is 14.8. The normalized spacial score (nSPS) is 25.6. The van der Waals surface area contributed by atoms with E-state index in [-0.39, 0.29) is 18.6 Å². The van der Waals surface area contributed by atoms with E-state index in [1.165, 1.54) is 0 Å². The summed E-state index contributed by atoms with van der Waals surface area (Å²) in [5, 5.41) is 0.562. The van der Waals surface area contributed by atoms with Crippen LogP contribution in [0, 0.1) is 17.8 Å². The average molecular weight is 469 g/mol. The second-order valence-corrected chi connectivity index (χ2v) is 10.3. The van der Waals surface area contributed by atoms with Crippen LogP contribution in [0.25, 0.3) is 0 Å². The molecule has 0 N–H and O–H groups in total. The third-order valence-corrected chi connectivity index (χ3v) is 7.44. The third kappa shape index (κ3) is 4.89. The lowest BCUT2D eigenvalue weighted by atomic mass is 9.75. The Labute approximate surface area is 201 Å².